The van der Waals surface area contributed by atoms with Crippen molar-refractivity contribution in [3.05, 3.63) is 52.1 Å². The van der Waals surface area contributed by atoms with Gasteiger partial charge in [0.05, 0.1) is 17.6 Å². The number of fused-ring (bicyclic) bond motifs is 1. The highest BCUT2D eigenvalue weighted by atomic mass is 19.3. The van der Waals surface area contributed by atoms with Gasteiger partial charge in [-0.15, -0.1) is 8.78 Å². The Kier molecular flexibility index (Phi) is 3.87. The number of carbonyl (C=O) groups excluding carboxylic acids is 1. The third-order valence-electron chi connectivity index (χ3n) is 3.30. The maximum atomic E-state index is 13.0. The molecule has 130 valence electrons. The molecule has 0 fully saturated rings. The minimum Gasteiger partial charge on any atom is -0.496 e. The van der Waals surface area contributed by atoms with Crippen LogP contribution in [-0.4, -0.2) is 24.2 Å². The summed E-state index contributed by atoms with van der Waals surface area (Å²) in [4.78, 5) is 22.6. The van der Waals surface area contributed by atoms with Gasteiger partial charge in [-0.05, 0) is 18.2 Å². The third kappa shape index (κ3) is 3.27. The average Bonchev–Trinajstić information content (AvgIpc) is 2.87. The topological polar surface area (TPSA) is 99.9 Å². The maximum absolute atomic E-state index is 13.0. The molecule has 0 unspecified atom stereocenters. The van der Waals surface area contributed by atoms with Gasteiger partial charge in [0, 0.05) is 23.9 Å². The summed E-state index contributed by atoms with van der Waals surface area (Å²) in [5.41, 5.74) is -0.241. The van der Waals surface area contributed by atoms with E-state index >= 15 is 0 Å². The van der Waals surface area contributed by atoms with Crippen LogP contribution < -0.4 is 19.5 Å². The third-order valence-corrected chi connectivity index (χ3v) is 3.30. The Labute approximate surface area is 139 Å². The van der Waals surface area contributed by atoms with Crippen molar-refractivity contribution in [1.29, 1.82) is 0 Å². The number of hydrogen-bond donors (Lipinski definition) is 1. The Morgan fingerprint density at radius 2 is 1.92 bits per heavy atom. The molecule has 2 aromatic carbocycles. The number of benzene rings is 2. The average molecular weight is 352 g/mol. The number of nitro groups is 1. The summed E-state index contributed by atoms with van der Waals surface area (Å²) in [5.74, 6) is -1.01. The van der Waals surface area contributed by atoms with Crippen molar-refractivity contribution in [2.45, 2.75) is 6.29 Å². The number of carbonyl (C=O) groups is 1. The number of halogens is 2. The van der Waals surface area contributed by atoms with Gasteiger partial charge in [-0.2, -0.15) is 0 Å². The van der Waals surface area contributed by atoms with Gasteiger partial charge in [0.25, 0.3) is 11.6 Å². The highest BCUT2D eigenvalue weighted by molar-refractivity contribution is 6.06. The summed E-state index contributed by atoms with van der Waals surface area (Å²) in [6.07, 6.45) is -3.77. The number of methoxy groups -OCH3 is 1. The van der Waals surface area contributed by atoms with Crippen molar-refractivity contribution in [3.63, 3.8) is 0 Å². The first-order valence-corrected chi connectivity index (χ1v) is 6.83. The molecule has 1 N–H and O–H groups in total. The van der Waals surface area contributed by atoms with Crippen LogP contribution in [0.2, 0.25) is 0 Å². The molecule has 0 atom stereocenters. The zero-order chi connectivity index (χ0) is 18.2. The van der Waals surface area contributed by atoms with Crippen LogP contribution in [0.4, 0.5) is 20.2 Å². The van der Waals surface area contributed by atoms with Crippen molar-refractivity contribution < 1.29 is 32.7 Å². The van der Waals surface area contributed by atoms with E-state index in [-0.39, 0.29) is 34.2 Å². The van der Waals surface area contributed by atoms with Crippen LogP contribution in [0.1, 0.15) is 10.4 Å². The summed E-state index contributed by atoms with van der Waals surface area (Å²) < 4.78 is 39.6. The number of hydrogen-bond acceptors (Lipinski definition) is 6. The molecule has 8 nitrogen and oxygen atoms in total. The van der Waals surface area contributed by atoms with Crippen LogP contribution in [0, 0.1) is 10.1 Å². The lowest BCUT2D eigenvalue weighted by Gasteiger charge is -2.09. The first-order chi connectivity index (χ1) is 11.8. The summed E-state index contributed by atoms with van der Waals surface area (Å²) in [6.45, 7) is 0. The first-order valence-electron chi connectivity index (χ1n) is 6.83. The molecule has 2 aromatic rings. The molecule has 0 saturated heterocycles. The minimum atomic E-state index is -3.77. The van der Waals surface area contributed by atoms with Crippen molar-refractivity contribution in [1.82, 2.24) is 0 Å². The Bertz CT molecular complexity index is 871. The van der Waals surface area contributed by atoms with E-state index in [1.54, 1.807) is 0 Å². The van der Waals surface area contributed by atoms with E-state index in [0.29, 0.717) is 0 Å². The number of ether oxygens (including phenoxy) is 3. The molecule has 1 amide bonds. The highest BCUT2D eigenvalue weighted by Gasteiger charge is 2.43. The van der Waals surface area contributed by atoms with E-state index in [9.17, 15) is 23.7 Å². The number of non-ortho nitro benzene ring substituents is 1. The summed E-state index contributed by atoms with van der Waals surface area (Å²) >= 11 is 0. The zero-order valence-corrected chi connectivity index (χ0v) is 12.6. The molecule has 10 heteroatoms. The standard InChI is InChI=1S/C15H10F2N2O6/c1-23-11-5-3-9(19(21)22)7-10(11)14(20)18-8-2-4-12-13(6-8)25-15(16,17)24-12/h2-7H,1H3,(H,18,20). The van der Waals surface area contributed by atoms with Crippen LogP contribution in [0.15, 0.2) is 36.4 Å². The van der Waals surface area contributed by atoms with E-state index in [2.05, 4.69) is 14.8 Å². The molecule has 0 bridgehead atoms. The lowest BCUT2D eigenvalue weighted by atomic mass is 10.1. The van der Waals surface area contributed by atoms with Gasteiger partial charge < -0.3 is 19.5 Å². The SMILES string of the molecule is COc1ccc([N+](=O)[O-])cc1C(=O)Nc1ccc2c(c1)OC(F)(F)O2. The molecule has 1 heterocycles. The number of nitrogens with zero attached hydrogens (tertiary/aromatic N) is 1. The number of nitrogens with one attached hydrogen (secondary N) is 1. The Morgan fingerprint density at radius 1 is 1.20 bits per heavy atom. The summed E-state index contributed by atoms with van der Waals surface area (Å²) in [7, 11) is 1.31. The number of amides is 1. The normalized spacial score (nSPS) is 14.0. The Morgan fingerprint density at radius 3 is 2.60 bits per heavy atom. The van der Waals surface area contributed by atoms with Crippen LogP contribution >= 0.6 is 0 Å². The highest BCUT2D eigenvalue weighted by Crippen LogP contribution is 2.42. The molecule has 3 rings (SSSR count). The van der Waals surface area contributed by atoms with Gasteiger partial charge in [0.15, 0.2) is 11.5 Å². The van der Waals surface area contributed by atoms with Crippen molar-refractivity contribution in [3.8, 4) is 17.2 Å². The minimum absolute atomic E-state index is 0.0836. The van der Waals surface area contributed by atoms with Gasteiger partial charge >= 0.3 is 6.29 Å². The monoisotopic (exact) mass is 352 g/mol. The molecule has 25 heavy (non-hydrogen) atoms. The van der Waals surface area contributed by atoms with Gasteiger partial charge in [-0.25, -0.2) is 0 Å². The second-order valence-electron chi connectivity index (χ2n) is 4.92. The van der Waals surface area contributed by atoms with Crippen LogP contribution in [-0.2, 0) is 0 Å². The number of alkyl halides is 2. The van der Waals surface area contributed by atoms with Crippen LogP contribution in [0.25, 0.3) is 0 Å². The smallest absolute Gasteiger partial charge is 0.496 e. The fourth-order valence-corrected chi connectivity index (χ4v) is 2.21. The lowest BCUT2D eigenvalue weighted by molar-refractivity contribution is -0.384. The van der Waals surface area contributed by atoms with Crippen LogP contribution in [0.3, 0.4) is 0 Å². The van der Waals surface area contributed by atoms with E-state index < -0.39 is 17.1 Å². The molecule has 0 spiro atoms. The van der Waals surface area contributed by atoms with Gasteiger partial charge in [-0.3, -0.25) is 14.9 Å². The van der Waals surface area contributed by atoms with E-state index in [1.807, 2.05) is 0 Å². The lowest BCUT2D eigenvalue weighted by Crippen LogP contribution is -2.25. The fraction of sp³-hybridized carbons (Fsp3) is 0.133. The molecule has 0 aliphatic carbocycles. The molecule has 1 aliphatic heterocycles. The maximum Gasteiger partial charge on any atom is 0.586 e. The summed E-state index contributed by atoms with van der Waals surface area (Å²) in [5, 5.41) is 13.3. The molecule has 1 aliphatic rings. The molecular weight excluding hydrogens is 342 g/mol. The predicted molar refractivity (Wildman–Crippen MR) is 80.2 cm³/mol. The van der Waals surface area contributed by atoms with Crippen molar-refractivity contribution in [2.24, 2.45) is 0 Å². The number of rotatable bonds is 4. The van der Waals surface area contributed by atoms with Crippen molar-refractivity contribution >= 4 is 17.3 Å². The Hall–Kier alpha value is -3.43. The number of anilines is 1. The zero-order valence-electron chi connectivity index (χ0n) is 12.6. The van der Waals surface area contributed by atoms with Crippen LogP contribution in [0.5, 0.6) is 17.2 Å². The van der Waals surface area contributed by atoms with Gasteiger partial charge in [0.2, 0.25) is 0 Å². The molecule has 0 saturated carbocycles. The van der Waals surface area contributed by atoms with E-state index in [4.69, 9.17) is 4.74 Å². The quantitative estimate of drug-likeness (QED) is 0.670. The molecule has 0 aromatic heterocycles. The second kappa shape index (κ2) is 5.89. The Balaban J connectivity index is 1.86. The van der Waals surface area contributed by atoms with E-state index in [0.717, 1.165) is 12.1 Å². The van der Waals surface area contributed by atoms with Crippen molar-refractivity contribution in [2.75, 3.05) is 12.4 Å². The second-order valence-corrected chi connectivity index (χ2v) is 4.92. The van der Waals surface area contributed by atoms with Gasteiger partial charge in [0.1, 0.15) is 5.75 Å². The first kappa shape index (κ1) is 16.4. The van der Waals surface area contributed by atoms with E-state index in [1.165, 1.54) is 31.4 Å². The summed E-state index contributed by atoms with van der Waals surface area (Å²) in [6, 6.07) is 7.21. The predicted octanol–water partition coefficient (Wildman–Crippen LogP) is 3.18. The van der Waals surface area contributed by atoms with Gasteiger partial charge in [-0.1, -0.05) is 0 Å². The molecular formula is C15H10F2N2O6. The fourth-order valence-electron chi connectivity index (χ4n) is 2.21. The largest absolute Gasteiger partial charge is 0.586 e. The number of nitro benzene ring substituents is 1. The molecule has 0 radical (unpaired) electrons.